The number of ketones is 1. The SMILES string of the molecule is CCOC(=O)c1ccc(N2C(=O)[C@@H]3[C@@H](C2=O)[C@@H]2c4ccccc4C=CN2[C@@H]3C(=O)c2ccc([N+](=O)[O-])cc2)cc1. The van der Waals surface area contributed by atoms with Crippen molar-refractivity contribution >= 4 is 41.0 Å². The van der Waals surface area contributed by atoms with Crippen molar-refractivity contribution in [1.29, 1.82) is 0 Å². The second-order valence-corrected chi connectivity index (χ2v) is 9.78. The van der Waals surface area contributed by atoms with Gasteiger partial charge >= 0.3 is 5.97 Å². The van der Waals surface area contributed by atoms with Gasteiger partial charge in [0.1, 0.15) is 6.04 Å². The zero-order chi connectivity index (χ0) is 28.1. The van der Waals surface area contributed by atoms with Crippen LogP contribution in [0.15, 0.2) is 79.0 Å². The van der Waals surface area contributed by atoms with Crippen LogP contribution in [0, 0.1) is 22.0 Å². The lowest BCUT2D eigenvalue weighted by molar-refractivity contribution is -0.384. The number of anilines is 1. The topological polar surface area (TPSA) is 127 Å². The van der Waals surface area contributed by atoms with Crippen molar-refractivity contribution in [3.63, 3.8) is 0 Å². The number of ether oxygens (including phenoxy) is 1. The molecule has 0 N–H and O–H groups in total. The number of hydrogen-bond acceptors (Lipinski definition) is 8. The molecule has 2 saturated heterocycles. The fraction of sp³-hybridized carbons (Fsp3) is 0.200. The van der Waals surface area contributed by atoms with Gasteiger partial charge in [0, 0.05) is 23.9 Å². The maximum atomic E-state index is 14.0. The van der Waals surface area contributed by atoms with Gasteiger partial charge in [0.05, 0.1) is 40.7 Å². The van der Waals surface area contributed by atoms with Gasteiger partial charge in [0.15, 0.2) is 5.78 Å². The highest BCUT2D eigenvalue weighted by Gasteiger charge is 2.64. The maximum absolute atomic E-state index is 14.0. The molecule has 10 heteroatoms. The van der Waals surface area contributed by atoms with E-state index in [-0.39, 0.29) is 23.4 Å². The van der Waals surface area contributed by atoms with E-state index in [2.05, 4.69) is 0 Å². The van der Waals surface area contributed by atoms with E-state index >= 15 is 0 Å². The summed E-state index contributed by atoms with van der Waals surface area (Å²) in [6, 6.07) is 17.2. The van der Waals surface area contributed by atoms with Crippen LogP contribution in [-0.2, 0) is 14.3 Å². The van der Waals surface area contributed by atoms with Crippen LogP contribution >= 0.6 is 0 Å². The largest absolute Gasteiger partial charge is 0.462 e. The van der Waals surface area contributed by atoms with Gasteiger partial charge in [-0.15, -0.1) is 0 Å². The Morgan fingerprint density at radius 3 is 2.23 bits per heavy atom. The summed E-state index contributed by atoms with van der Waals surface area (Å²) in [5.41, 5.74) is 2.36. The highest BCUT2D eigenvalue weighted by atomic mass is 16.6. The molecule has 40 heavy (non-hydrogen) atoms. The summed E-state index contributed by atoms with van der Waals surface area (Å²) in [7, 11) is 0. The first-order valence-electron chi connectivity index (χ1n) is 12.8. The Morgan fingerprint density at radius 2 is 1.55 bits per heavy atom. The number of benzene rings is 3. The summed E-state index contributed by atoms with van der Waals surface area (Å²) < 4.78 is 5.02. The van der Waals surface area contributed by atoms with E-state index in [0.717, 1.165) is 16.0 Å². The lowest BCUT2D eigenvalue weighted by Crippen LogP contribution is -2.44. The van der Waals surface area contributed by atoms with Crippen LogP contribution in [0.2, 0.25) is 0 Å². The number of Topliss-reactive ketones (excluding diaryl/α,β-unsaturated/α-hetero) is 1. The van der Waals surface area contributed by atoms with Gasteiger partial charge < -0.3 is 9.64 Å². The molecule has 0 radical (unpaired) electrons. The predicted octanol–water partition coefficient (Wildman–Crippen LogP) is 4.17. The molecule has 4 atom stereocenters. The lowest BCUT2D eigenvalue weighted by Gasteiger charge is -2.35. The first-order chi connectivity index (χ1) is 19.3. The van der Waals surface area contributed by atoms with E-state index < -0.39 is 52.4 Å². The Balaban J connectivity index is 1.41. The summed E-state index contributed by atoms with van der Waals surface area (Å²) in [5, 5.41) is 11.1. The monoisotopic (exact) mass is 537 g/mol. The molecule has 0 saturated carbocycles. The van der Waals surface area contributed by atoms with Crippen LogP contribution in [0.5, 0.6) is 0 Å². The second-order valence-electron chi connectivity index (χ2n) is 9.78. The van der Waals surface area contributed by atoms with Gasteiger partial charge in [0.2, 0.25) is 11.8 Å². The molecule has 200 valence electrons. The maximum Gasteiger partial charge on any atom is 0.338 e. The average molecular weight is 538 g/mol. The summed E-state index contributed by atoms with van der Waals surface area (Å²) >= 11 is 0. The smallest absolute Gasteiger partial charge is 0.338 e. The Hall–Kier alpha value is -5.12. The van der Waals surface area contributed by atoms with Crippen LogP contribution in [0.3, 0.4) is 0 Å². The number of non-ortho nitro benzene ring substituents is 1. The van der Waals surface area contributed by atoms with Crippen LogP contribution in [-0.4, -0.2) is 46.0 Å². The van der Waals surface area contributed by atoms with E-state index in [0.29, 0.717) is 5.69 Å². The molecule has 0 unspecified atom stereocenters. The molecule has 10 nitrogen and oxygen atoms in total. The number of esters is 1. The molecule has 0 aromatic heterocycles. The predicted molar refractivity (Wildman–Crippen MR) is 143 cm³/mol. The van der Waals surface area contributed by atoms with E-state index in [1.807, 2.05) is 30.3 Å². The van der Waals surface area contributed by atoms with Crippen LogP contribution in [0.25, 0.3) is 6.08 Å². The van der Waals surface area contributed by atoms with Crippen LogP contribution in [0.1, 0.15) is 44.8 Å². The Labute approximate surface area is 228 Å². The number of fused-ring (bicyclic) bond motifs is 5. The van der Waals surface area contributed by atoms with Crippen molar-refractivity contribution in [2.24, 2.45) is 11.8 Å². The van der Waals surface area contributed by atoms with E-state index in [4.69, 9.17) is 4.74 Å². The molecule has 3 aromatic carbocycles. The molecule has 3 heterocycles. The van der Waals surface area contributed by atoms with Gasteiger partial charge in [0.25, 0.3) is 5.69 Å². The quantitative estimate of drug-likeness (QED) is 0.151. The normalized spacial score (nSPS) is 22.5. The third-order valence-electron chi connectivity index (χ3n) is 7.73. The summed E-state index contributed by atoms with van der Waals surface area (Å²) in [4.78, 5) is 67.4. The Morgan fingerprint density at radius 1 is 0.900 bits per heavy atom. The number of nitro groups is 1. The fourth-order valence-corrected chi connectivity index (χ4v) is 5.99. The van der Waals surface area contributed by atoms with Crippen molar-refractivity contribution in [3.8, 4) is 0 Å². The first kappa shape index (κ1) is 25.2. The van der Waals surface area contributed by atoms with Crippen molar-refractivity contribution in [1.82, 2.24) is 4.90 Å². The minimum Gasteiger partial charge on any atom is -0.462 e. The van der Waals surface area contributed by atoms with Gasteiger partial charge in [-0.3, -0.25) is 24.5 Å². The van der Waals surface area contributed by atoms with E-state index in [1.165, 1.54) is 48.5 Å². The Kier molecular flexibility index (Phi) is 6.02. The average Bonchev–Trinajstić information content (AvgIpc) is 3.45. The van der Waals surface area contributed by atoms with Crippen LogP contribution < -0.4 is 4.90 Å². The summed E-state index contributed by atoms with van der Waals surface area (Å²) in [6.07, 6.45) is 3.60. The number of amides is 2. The van der Waals surface area contributed by atoms with Gasteiger partial charge in [-0.25, -0.2) is 9.69 Å². The van der Waals surface area contributed by atoms with Crippen molar-refractivity contribution in [3.05, 3.63) is 111 Å². The lowest BCUT2D eigenvalue weighted by atomic mass is 9.83. The highest BCUT2D eigenvalue weighted by molar-refractivity contribution is 6.24. The minimum atomic E-state index is -0.999. The minimum absolute atomic E-state index is 0.157. The molecule has 0 aliphatic carbocycles. The molecule has 0 spiro atoms. The molecule has 2 fully saturated rings. The number of carbonyl (C=O) groups excluding carboxylic acids is 4. The number of nitro benzene ring substituents is 1. The second kappa shape index (κ2) is 9.57. The van der Waals surface area contributed by atoms with Gasteiger partial charge in [-0.2, -0.15) is 0 Å². The molecule has 0 bridgehead atoms. The standard InChI is InChI=1S/C30H23N3O7/c1-2-40-30(37)19-9-11-20(12-10-19)32-28(35)23-24(29(32)36)26(27(34)18-7-13-21(14-8-18)33(38)39)31-16-15-17-5-3-4-6-22(17)25(23)31/h3-16,23-26H,2H2,1H3/t23-,24-,25+,26+/m1/s1. The van der Waals surface area contributed by atoms with Crippen molar-refractivity contribution < 1.29 is 28.8 Å². The molecule has 3 aliphatic rings. The number of imide groups is 1. The molecule has 2 amide bonds. The molecule has 3 aromatic rings. The van der Waals surface area contributed by atoms with E-state index in [1.54, 1.807) is 18.0 Å². The number of hydrogen-bond donors (Lipinski definition) is 0. The number of nitrogens with zero attached hydrogens (tertiary/aromatic N) is 3. The zero-order valence-electron chi connectivity index (χ0n) is 21.3. The third kappa shape index (κ3) is 3.79. The fourth-order valence-electron chi connectivity index (χ4n) is 5.99. The highest BCUT2D eigenvalue weighted by Crippen LogP contribution is 2.53. The number of carbonyl (C=O) groups is 4. The van der Waals surface area contributed by atoms with E-state index in [9.17, 15) is 29.3 Å². The molecular weight excluding hydrogens is 514 g/mol. The Bertz CT molecular complexity index is 1600. The number of rotatable bonds is 6. The molecule has 3 aliphatic heterocycles. The first-order valence-corrected chi connectivity index (χ1v) is 12.8. The van der Waals surface area contributed by atoms with Crippen molar-refractivity contribution in [2.45, 2.75) is 19.0 Å². The summed E-state index contributed by atoms with van der Waals surface area (Å²) in [6.45, 7) is 1.91. The molecular formula is C30H23N3O7. The van der Waals surface area contributed by atoms with Gasteiger partial charge in [-0.05, 0) is 60.5 Å². The van der Waals surface area contributed by atoms with Crippen molar-refractivity contribution in [2.75, 3.05) is 11.5 Å². The summed E-state index contributed by atoms with van der Waals surface area (Å²) in [5.74, 6) is -3.69. The third-order valence-corrected chi connectivity index (χ3v) is 7.73. The van der Waals surface area contributed by atoms with Crippen LogP contribution in [0.4, 0.5) is 11.4 Å². The molecule has 6 rings (SSSR count). The van der Waals surface area contributed by atoms with Gasteiger partial charge in [-0.1, -0.05) is 24.3 Å². The zero-order valence-corrected chi connectivity index (χ0v) is 21.3.